The van der Waals surface area contributed by atoms with Crippen LogP contribution >= 0.6 is 35.5 Å². The van der Waals surface area contributed by atoms with Gasteiger partial charge >= 0.3 is 0 Å². The van der Waals surface area contributed by atoms with Crippen LogP contribution in [0.4, 0.5) is 0 Å². The van der Waals surface area contributed by atoms with Gasteiger partial charge in [0.2, 0.25) is 5.91 Å². The Morgan fingerprint density at radius 2 is 2.35 bits per heavy atom. The number of amides is 1. The lowest BCUT2D eigenvalue weighted by molar-refractivity contribution is -0.127. The fourth-order valence-electron chi connectivity index (χ4n) is 3.15. The lowest BCUT2D eigenvalue weighted by atomic mass is 9.98. The van der Waals surface area contributed by atoms with E-state index in [1.165, 1.54) is 6.42 Å². The van der Waals surface area contributed by atoms with E-state index in [4.69, 9.17) is 5.73 Å². The molecular formula is C13H20ClN3OS2. The zero-order chi connectivity index (χ0) is 13.2. The second-order valence-electron chi connectivity index (χ2n) is 5.44. The fourth-order valence-corrected chi connectivity index (χ4v) is 4.64. The molecule has 1 saturated heterocycles. The predicted molar refractivity (Wildman–Crippen MR) is 86.3 cm³/mol. The second kappa shape index (κ2) is 7.11. The average Bonchev–Trinajstić information content (AvgIpc) is 3.08. The number of halogens is 1. The Hall–Kier alpha value is -0.300. The van der Waals surface area contributed by atoms with Gasteiger partial charge in [-0.3, -0.25) is 4.79 Å². The van der Waals surface area contributed by atoms with Gasteiger partial charge in [0.1, 0.15) is 0 Å². The summed E-state index contributed by atoms with van der Waals surface area (Å²) in [6.07, 6.45) is 2.33. The van der Waals surface area contributed by atoms with Crippen LogP contribution in [0.5, 0.6) is 0 Å². The highest BCUT2D eigenvalue weighted by Gasteiger charge is 2.42. The minimum Gasteiger partial charge on any atom is -0.341 e. The summed E-state index contributed by atoms with van der Waals surface area (Å²) in [6, 6.07) is 0.311. The van der Waals surface area contributed by atoms with Crippen molar-refractivity contribution in [3.8, 4) is 0 Å². The topological polar surface area (TPSA) is 59.2 Å². The first-order valence-corrected chi connectivity index (χ1v) is 8.82. The third kappa shape index (κ3) is 3.47. The molecular weight excluding hydrogens is 314 g/mol. The fraction of sp³-hybridized carbons (Fsp3) is 0.692. The number of carbonyl (C=O) groups is 1. The number of likely N-dealkylation sites (tertiary alicyclic amines) is 1. The van der Waals surface area contributed by atoms with Crippen molar-refractivity contribution in [3.63, 3.8) is 0 Å². The largest absolute Gasteiger partial charge is 0.341 e. The Morgan fingerprint density at radius 1 is 1.50 bits per heavy atom. The molecule has 2 fully saturated rings. The molecule has 1 saturated carbocycles. The third-order valence-corrected chi connectivity index (χ3v) is 5.81. The van der Waals surface area contributed by atoms with Crippen molar-refractivity contribution < 1.29 is 4.79 Å². The van der Waals surface area contributed by atoms with Gasteiger partial charge in [-0.1, -0.05) is 0 Å². The van der Waals surface area contributed by atoms with Gasteiger partial charge < -0.3 is 10.6 Å². The van der Waals surface area contributed by atoms with E-state index in [2.05, 4.69) is 4.98 Å². The van der Waals surface area contributed by atoms with E-state index in [1.54, 1.807) is 23.1 Å². The number of nitrogens with two attached hydrogens (primary N) is 1. The molecule has 4 nitrogen and oxygen atoms in total. The summed E-state index contributed by atoms with van der Waals surface area (Å²) in [7, 11) is 0. The number of nitrogens with zero attached hydrogens (tertiary/aromatic N) is 2. The maximum atomic E-state index is 12.2. The third-order valence-electron chi connectivity index (χ3n) is 4.22. The number of hydrogen-bond donors (Lipinski definition) is 1. The standard InChI is InChI=1S/C13H19N3OS2.ClH/c14-12-2-1-9-3-16(4-11(9)12)13(17)7-18-5-10-6-19-8-15-10;/h6,8-9,11-12H,1-5,7,14H2;1H. The van der Waals surface area contributed by atoms with Crippen LogP contribution in [0.1, 0.15) is 18.5 Å². The first kappa shape index (κ1) is 16.1. The monoisotopic (exact) mass is 333 g/mol. The normalized spacial score (nSPS) is 28.2. The summed E-state index contributed by atoms with van der Waals surface area (Å²) in [6.45, 7) is 1.80. The molecule has 2 N–H and O–H groups in total. The van der Waals surface area contributed by atoms with Gasteiger partial charge in [-0.05, 0) is 24.7 Å². The van der Waals surface area contributed by atoms with Crippen LogP contribution < -0.4 is 5.73 Å². The van der Waals surface area contributed by atoms with Gasteiger partial charge in [-0.25, -0.2) is 4.98 Å². The summed E-state index contributed by atoms with van der Waals surface area (Å²) < 4.78 is 0. The maximum Gasteiger partial charge on any atom is 0.232 e. The van der Waals surface area contributed by atoms with Gasteiger partial charge in [-0.2, -0.15) is 0 Å². The molecule has 3 rings (SSSR count). The van der Waals surface area contributed by atoms with E-state index < -0.39 is 0 Å². The molecule has 0 aromatic carbocycles. The Morgan fingerprint density at radius 3 is 3.05 bits per heavy atom. The molecule has 2 aliphatic rings. The lowest BCUT2D eigenvalue weighted by Gasteiger charge is -2.18. The highest BCUT2D eigenvalue weighted by atomic mass is 35.5. The molecule has 20 heavy (non-hydrogen) atoms. The van der Waals surface area contributed by atoms with Crippen molar-refractivity contribution in [3.05, 3.63) is 16.6 Å². The van der Waals surface area contributed by atoms with E-state index >= 15 is 0 Å². The van der Waals surface area contributed by atoms with Crippen LogP contribution in [0, 0.1) is 11.8 Å². The van der Waals surface area contributed by atoms with Gasteiger partial charge in [-0.15, -0.1) is 35.5 Å². The number of rotatable bonds is 4. The molecule has 0 radical (unpaired) electrons. The minimum atomic E-state index is 0. The maximum absolute atomic E-state index is 12.2. The molecule has 1 amide bonds. The number of aromatic nitrogens is 1. The Labute approximate surface area is 133 Å². The van der Waals surface area contributed by atoms with Gasteiger partial charge in [0, 0.05) is 30.3 Å². The molecule has 7 heteroatoms. The predicted octanol–water partition coefficient (Wildman–Crippen LogP) is 1.99. The number of thiazole rings is 1. The summed E-state index contributed by atoms with van der Waals surface area (Å²) in [5.74, 6) is 2.86. The van der Waals surface area contributed by atoms with Crippen molar-refractivity contribution in [2.75, 3.05) is 18.8 Å². The average molecular weight is 334 g/mol. The number of hydrogen-bond acceptors (Lipinski definition) is 5. The van der Waals surface area contributed by atoms with Crippen molar-refractivity contribution in [2.24, 2.45) is 17.6 Å². The summed E-state index contributed by atoms with van der Waals surface area (Å²) in [5, 5.41) is 2.04. The van der Waals surface area contributed by atoms with Crippen LogP contribution in [0.3, 0.4) is 0 Å². The molecule has 0 spiro atoms. The highest BCUT2D eigenvalue weighted by Crippen LogP contribution is 2.37. The van der Waals surface area contributed by atoms with Crippen LogP contribution in [0.25, 0.3) is 0 Å². The van der Waals surface area contributed by atoms with E-state index in [0.29, 0.717) is 23.6 Å². The molecule has 2 heterocycles. The van der Waals surface area contributed by atoms with Gasteiger partial charge in [0.25, 0.3) is 0 Å². The van der Waals surface area contributed by atoms with Crippen molar-refractivity contribution in [1.29, 1.82) is 0 Å². The molecule has 1 aliphatic carbocycles. The van der Waals surface area contributed by atoms with Crippen LogP contribution in [-0.2, 0) is 10.5 Å². The second-order valence-corrected chi connectivity index (χ2v) is 7.14. The summed E-state index contributed by atoms with van der Waals surface area (Å²) in [5.41, 5.74) is 9.00. The van der Waals surface area contributed by atoms with Crippen molar-refractivity contribution in [1.82, 2.24) is 9.88 Å². The van der Waals surface area contributed by atoms with Crippen molar-refractivity contribution >= 4 is 41.4 Å². The molecule has 112 valence electrons. The lowest BCUT2D eigenvalue weighted by Crippen LogP contribution is -2.34. The molecule has 0 bridgehead atoms. The highest BCUT2D eigenvalue weighted by molar-refractivity contribution is 7.99. The van der Waals surface area contributed by atoms with E-state index in [-0.39, 0.29) is 18.3 Å². The van der Waals surface area contributed by atoms with Gasteiger partial charge in [0.15, 0.2) is 0 Å². The number of fused-ring (bicyclic) bond motifs is 1. The number of thioether (sulfide) groups is 1. The summed E-state index contributed by atoms with van der Waals surface area (Å²) in [4.78, 5) is 18.4. The first-order chi connectivity index (χ1) is 9.24. The van der Waals surface area contributed by atoms with Crippen LogP contribution in [0.2, 0.25) is 0 Å². The van der Waals surface area contributed by atoms with Crippen molar-refractivity contribution in [2.45, 2.75) is 24.6 Å². The zero-order valence-corrected chi connectivity index (χ0v) is 13.7. The number of carbonyl (C=O) groups excluding carboxylic acids is 1. The molecule has 1 aliphatic heterocycles. The summed E-state index contributed by atoms with van der Waals surface area (Å²) >= 11 is 3.26. The minimum absolute atomic E-state index is 0. The first-order valence-electron chi connectivity index (χ1n) is 6.72. The molecule has 3 unspecified atom stereocenters. The Balaban J connectivity index is 0.00000147. The SMILES string of the molecule is Cl.NC1CCC2CN(C(=O)CSCc3cscn3)CC12. The quantitative estimate of drug-likeness (QED) is 0.915. The van der Waals surface area contributed by atoms with E-state index in [1.807, 2.05) is 15.8 Å². The smallest absolute Gasteiger partial charge is 0.232 e. The van der Waals surface area contributed by atoms with Crippen LogP contribution in [0.15, 0.2) is 10.9 Å². The van der Waals surface area contributed by atoms with Crippen LogP contribution in [-0.4, -0.2) is 40.7 Å². The Bertz CT molecular complexity index is 443. The van der Waals surface area contributed by atoms with E-state index in [0.717, 1.165) is 31.0 Å². The molecule has 3 atom stereocenters. The Kier molecular flexibility index (Phi) is 5.72. The molecule has 1 aromatic rings. The van der Waals surface area contributed by atoms with Gasteiger partial charge in [0.05, 0.1) is 17.0 Å². The zero-order valence-electron chi connectivity index (χ0n) is 11.2. The van der Waals surface area contributed by atoms with E-state index in [9.17, 15) is 4.79 Å². The molecule has 1 aromatic heterocycles.